The molecule has 0 heterocycles. The van der Waals surface area contributed by atoms with Crippen molar-refractivity contribution in [2.24, 2.45) is 4.99 Å². The SMILES string of the molecule is CNc1cccc2c(S(=O)(=O)N(NC)c3ccc(N=C=S)cc3)cccc12. The first kappa shape index (κ1) is 19.0. The van der Waals surface area contributed by atoms with Crippen LogP contribution in [-0.4, -0.2) is 27.7 Å². The molecule has 0 aliphatic carbocycles. The van der Waals surface area contributed by atoms with E-state index in [0.29, 0.717) is 16.8 Å². The van der Waals surface area contributed by atoms with Crippen molar-refractivity contribution in [1.29, 1.82) is 0 Å². The lowest BCUT2D eigenvalue weighted by atomic mass is 10.1. The minimum Gasteiger partial charge on any atom is -0.388 e. The maximum atomic E-state index is 13.4. The van der Waals surface area contributed by atoms with E-state index in [9.17, 15) is 8.42 Å². The largest absolute Gasteiger partial charge is 0.388 e. The number of hydrogen-bond donors (Lipinski definition) is 2. The molecule has 0 aliphatic heterocycles. The van der Waals surface area contributed by atoms with Gasteiger partial charge in [0.25, 0.3) is 10.0 Å². The third kappa shape index (κ3) is 3.56. The summed E-state index contributed by atoms with van der Waals surface area (Å²) in [5.74, 6) is 0. The summed E-state index contributed by atoms with van der Waals surface area (Å²) in [6, 6.07) is 17.4. The highest BCUT2D eigenvalue weighted by Gasteiger charge is 2.26. The third-order valence-electron chi connectivity index (χ3n) is 4.13. The summed E-state index contributed by atoms with van der Waals surface area (Å²) in [6.45, 7) is 0. The molecule has 3 aromatic rings. The molecule has 3 aromatic carbocycles. The summed E-state index contributed by atoms with van der Waals surface area (Å²) in [6.07, 6.45) is 0. The minimum absolute atomic E-state index is 0.215. The number of nitrogens with one attached hydrogen (secondary N) is 2. The van der Waals surface area contributed by atoms with E-state index in [1.807, 2.05) is 18.2 Å². The van der Waals surface area contributed by atoms with Crippen molar-refractivity contribution >= 4 is 55.2 Å². The average Bonchev–Trinajstić information content (AvgIpc) is 2.69. The molecule has 0 atom stereocenters. The molecule has 0 radical (unpaired) electrons. The molecule has 0 amide bonds. The van der Waals surface area contributed by atoms with Crippen molar-refractivity contribution in [3.63, 3.8) is 0 Å². The van der Waals surface area contributed by atoms with E-state index in [0.717, 1.165) is 15.5 Å². The molecule has 27 heavy (non-hydrogen) atoms. The molecule has 0 aromatic heterocycles. The van der Waals surface area contributed by atoms with Gasteiger partial charge in [-0.25, -0.2) is 5.43 Å². The van der Waals surface area contributed by atoms with Gasteiger partial charge < -0.3 is 5.32 Å². The quantitative estimate of drug-likeness (QED) is 0.374. The van der Waals surface area contributed by atoms with Crippen LogP contribution < -0.4 is 15.2 Å². The second kappa shape index (κ2) is 7.85. The van der Waals surface area contributed by atoms with Crippen LogP contribution in [0.4, 0.5) is 17.1 Å². The molecular weight excluding hydrogens is 380 g/mol. The number of thiocarbonyl (C=S) groups is 1. The maximum absolute atomic E-state index is 13.4. The lowest BCUT2D eigenvalue weighted by Crippen LogP contribution is -2.40. The van der Waals surface area contributed by atoms with Gasteiger partial charge in [0.2, 0.25) is 0 Å². The Morgan fingerprint density at radius 3 is 2.26 bits per heavy atom. The summed E-state index contributed by atoms with van der Waals surface area (Å²) >= 11 is 4.59. The van der Waals surface area contributed by atoms with E-state index < -0.39 is 10.0 Å². The van der Waals surface area contributed by atoms with E-state index >= 15 is 0 Å². The summed E-state index contributed by atoms with van der Waals surface area (Å²) in [7, 11) is -0.487. The Morgan fingerprint density at radius 1 is 0.963 bits per heavy atom. The van der Waals surface area contributed by atoms with Crippen molar-refractivity contribution in [1.82, 2.24) is 5.43 Å². The lowest BCUT2D eigenvalue weighted by Gasteiger charge is -2.24. The second-order valence-electron chi connectivity index (χ2n) is 5.62. The van der Waals surface area contributed by atoms with E-state index in [-0.39, 0.29) is 4.90 Å². The highest BCUT2D eigenvalue weighted by atomic mass is 32.2. The summed E-state index contributed by atoms with van der Waals surface area (Å²) in [4.78, 5) is 4.10. The number of rotatable bonds is 6. The van der Waals surface area contributed by atoms with Crippen LogP contribution in [0.2, 0.25) is 0 Å². The van der Waals surface area contributed by atoms with Crippen LogP contribution in [0.25, 0.3) is 10.8 Å². The number of sulfonamides is 1. The van der Waals surface area contributed by atoms with Crippen LogP contribution in [0.1, 0.15) is 0 Å². The topological polar surface area (TPSA) is 73.8 Å². The van der Waals surface area contributed by atoms with Crippen LogP contribution >= 0.6 is 12.2 Å². The molecule has 0 fully saturated rings. The zero-order valence-corrected chi connectivity index (χ0v) is 16.4. The Kier molecular flexibility index (Phi) is 5.53. The number of benzene rings is 3. The van der Waals surface area contributed by atoms with Crippen molar-refractivity contribution in [2.45, 2.75) is 4.90 Å². The van der Waals surface area contributed by atoms with E-state index in [4.69, 9.17) is 0 Å². The van der Waals surface area contributed by atoms with Crippen molar-refractivity contribution in [2.75, 3.05) is 23.8 Å². The fourth-order valence-electron chi connectivity index (χ4n) is 2.93. The highest BCUT2D eigenvalue weighted by molar-refractivity contribution is 7.93. The first-order valence-corrected chi connectivity index (χ1v) is 9.98. The molecule has 0 aliphatic rings. The molecule has 0 saturated carbocycles. The standard InChI is InChI=1S/C19H18N4O2S2/c1-20-18-7-3-6-17-16(18)5-4-8-19(17)27(24,25)23(21-2)15-11-9-14(10-12-15)22-13-26/h3-12,20-21H,1-2H3. The molecular formula is C19H18N4O2S2. The smallest absolute Gasteiger partial charge is 0.278 e. The van der Waals surface area contributed by atoms with Gasteiger partial charge in [-0.1, -0.05) is 24.3 Å². The van der Waals surface area contributed by atoms with E-state index in [1.165, 1.54) is 0 Å². The zero-order valence-electron chi connectivity index (χ0n) is 14.8. The first-order valence-electron chi connectivity index (χ1n) is 8.13. The Balaban J connectivity index is 2.14. The third-order valence-corrected chi connectivity index (χ3v) is 6.01. The van der Waals surface area contributed by atoms with Gasteiger partial charge in [-0.05, 0) is 48.6 Å². The van der Waals surface area contributed by atoms with E-state index in [2.05, 4.69) is 33.1 Å². The molecule has 0 unspecified atom stereocenters. The Bertz CT molecular complexity index is 1120. The second-order valence-corrected chi connectivity index (χ2v) is 7.56. The molecule has 0 spiro atoms. The number of isothiocyanates is 1. The summed E-state index contributed by atoms with van der Waals surface area (Å²) in [5.41, 5.74) is 4.69. The predicted octanol–water partition coefficient (Wildman–Crippen LogP) is 3.95. The van der Waals surface area contributed by atoms with Crippen LogP contribution in [0, 0.1) is 0 Å². The highest BCUT2D eigenvalue weighted by Crippen LogP contribution is 2.31. The molecule has 3 rings (SSSR count). The number of anilines is 2. The van der Waals surface area contributed by atoms with Crippen molar-refractivity contribution in [3.05, 3.63) is 60.7 Å². The van der Waals surface area contributed by atoms with Gasteiger partial charge in [0.15, 0.2) is 0 Å². The molecule has 6 nitrogen and oxygen atoms in total. The number of nitrogens with zero attached hydrogens (tertiary/aromatic N) is 2. The van der Waals surface area contributed by atoms with Gasteiger partial charge in [-0.15, -0.1) is 0 Å². The molecule has 138 valence electrons. The normalized spacial score (nSPS) is 11.0. The van der Waals surface area contributed by atoms with E-state index in [1.54, 1.807) is 56.6 Å². The van der Waals surface area contributed by atoms with Crippen LogP contribution in [0.15, 0.2) is 70.6 Å². The van der Waals surface area contributed by atoms with Gasteiger partial charge >= 0.3 is 0 Å². The molecule has 8 heteroatoms. The zero-order chi connectivity index (χ0) is 19.4. The molecule has 2 N–H and O–H groups in total. The van der Waals surface area contributed by atoms with Crippen molar-refractivity contribution in [3.8, 4) is 0 Å². The lowest BCUT2D eigenvalue weighted by molar-refractivity contribution is 0.585. The van der Waals surface area contributed by atoms with Crippen LogP contribution in [-0.2, 0) is 10.0 Å². The van der Waals surface area contributed by atoms with Gasteiger partial charge in [0.05, 0.1) is 21.4 Å². The van der Waals surface area contributed by atoms with Gasteiger partial charge in [0, 0.05) is 30.6 Å². The fourth-order valence-corrected chi connectivity index (χ4v) is 4.57. The number of hydrazine groups is 1. The summed E-state index contributed by atoms with van der Waals surface area (Å²) < 4.78 is 27.9. The number of aliphatic imine (C=N–C) groups is 1. The van der Waals surface area contributed by atoms with Gasteiger partial charge in [-0.3, -0.25) is 0 Å². The average molecular weight is 399 g/mol. The maximum Gasteiger partial charge on any atom is 0.278 e. The van der Waals surface area contributed by atoms with Gasteiger partial charge in [-0.2, -0.15) is 17.8 Å². The number of hydrogen-bond acceptors (Lipinski definition) is 6. The summed E-state index contributed by atoms with van der Waals surface area (Å²) in [5, 5.41) is 6.86. The van der Waals surface area contributed by atoms with Crippen molar-refractivity contribution < 1.29 is 8.42 Å². The Morgan fingerprint density at radius 2 is 1.63 bits per heavy atom. The number of fused-ring (bicyclic) bond motifs is 1. The Labute approximate surface area is 163 Å². The minimum atomic E-state index is -3.85. The predicted molar refractivity (Wildman–Crippen MR) is 113 cm³/mol. The first-order chi connectivity index (χ1) is 13.0. The van der Waals surface area contributed by atoms with Crippen LogP contribution in [0.3, 0.4) is 0 Å². The van der Waals surface area contributed by atoms with Crippen LogP contribution in [0.5, 0.6) is 0 Å². The van der Waals surface area contributed by atoms with Gasteiger partial charge in [0.1, 0.15) is 0 Å². The fraction of sp³-hybridized carbons (Fsp3) is 0.105. The molecule has 0 bridgehead atoms. The molecule has 0 saturated heterocycles. The Hall–Kier alpha value is -2.77. The monoisotopic (exact) mass is 398 g/mol.